The zero-order chi connectivity index (χ0) is 24.1. The molecule has 0 aromatic heterocycles. The predicted molar refractivity (Wildman–Crippen MR) is 130 cm³/mol. The lowest BCUT2D eigenvalue weighted by atomic mass is 9.95. The van der Waals surface area contributed by atoms with Gasteiger partial charge in [0.05, 0.1) is 17.7 Å². The van der Waals surface area contributed by atoms with Crippen molar-refractivity contribution >= 4 is 29.1 Å². The Balaban J connectivity index is 2.04. The molecule has 2 aromatic rings. The highest BCUT2D eigenvalue weighted by Crippen LogP contribution is 2.39. The van der Waals surface area contributed by atoms with Crippen LogP contribution in [0.15, 0.2) is 54.1 Å². The zero-order valence-corrected chi connectivity index (χ0v) is 20.3. The molecular formula is C26H31ClN2O4. The van der Waals surface area contributed by atoms with Crippen LogP contribution in [0, 0.1) is 0 Å². The van der Waals surface area contributed by atoms with E-state index in [1.807, 2.05) is 13.8 Å². The fourth-order valence-electron chi connectivity index (χ4n) is 4.01. The van der Waals surface area contributed by atoms with E-state index in [9.17, 15) is 14.7 Å². The lowest BCUT2D eigenvalue weighted by Crippen LogP contribution is -2.38. The van der Waals surface area contributed by atoms with Crippen molar-refractivity contribution in [3.63, 3.8) is 0 Å². The normalized spacial score (nSPS) is 17.9. The molecule has 33 heavy (non-hydrogen) atoms. The van der Waals surface area contributed by atoms with Crippen LogP contribution in [0.5, 0.6) is 5.75 Å². The van der Waals surface area contributed by atoms with Crippen LogP contribution < -0.4 is 4.74 Å². The number of Topliss-reactive ketones (excluding diaryl/α,β-unsaturated/α-hetero) is 1. The number of aliphatic hydroxyl groups is 1. The maximum Gasteiger partial charge on any atom is 0.295 e. The van der Waals surface area contributed by atoms with E-state index in [1.165, 1.54) is 0 Å². The number of rotatable bonds is 9. The van der Waals surface area contributed by atoms with Gasteiger partial charge in [-0.05, 0) is 68.9 Å². The second kappa shape index (κ2) is 10.9. The molecule has 0 spiro atoms. The highest BCUT2D eigenvalue weighted by molar-refractivity contribution is 6.46. The largest absolute Gasteiger partial charge is 0.507 e. The van der Waals surface area contributed by atoms with Crippen LogP contribution in [0.2, 0.25) is 5.02 Å². The number of likely N-dealkylation sites (N-methyl/N-ethyl adjacent to an activating group) is 1. The fourth-order valence-corrected chi connectivity index (χ4v) is 4.14. The third-order valence-corrected chi connectivity index (χ3v) is 6.03. The molecule has 176 valence electrons. The molecule has 0 saturated carbocycles. The Hall–Kier alpha value is -2.83. The molecule has 0 radical (unpaired) electrons. The first-order valence-corrected chi connectivity index (χ1v) is 11.7. The van der Waals surface area contributed by atoms with E-state index in [0.717, 1.165) is 18.7 Å². The van der Waals surface area contributed by atoms with Gasteiger partial charge in [-0.2, -0.15) is 0 Å². The van der Waals surface area contributed by atoms with E-state index in [2.05, 4.69) is 18.7 Å². The smallest absolute Gasteiger partial charge is 0.295 e. The second-order valence-corrected chi connectivity index (χ2v) is 8.70. The van der Waals surface area contributed by atoms with Gasteiger partial charge in [-0.25, -0.2) is 0 Å². The maximum absolute atomic E-state index is 13.1. The van der Waals surface area contributed by atoms with Crippen molar-refractivity contribution in [1.82, 2.24) is 9.80 Å². The number of carbonyl (C=O) groups is 2. The molecule has 3 rings (SSSR count). The van der Waals surface area contributed by atoms with Crippen molar-refractivity contribution < 1.29 is 19.4 Å². The Morgan fingerprint density at radius 2 is 1.67 bits per heavy atom. The SMILES string of the molecule is CCN(CC)CCN1C(=O)C(=O)C(=C(O)c2ccc(OC(C)C)cc2)[C@H]1c1ccc(Cl)cc1. The molecule has 6 nitrogen and oxygen atoms in total. The van der Waals surface area contributed by atoms with Gasteiger partial charge in [0.25, 0.3) is 11.7 Å². The molecule has 1 fully saturated rings. The summed E-state index contributed by atoms with van der Waals surface area (Å²) in [7, 11) is 0. The zero-order valence-electron chi connectivity index (χ0n) is 19.5. The molecule has 1 aliphatic heterocycles. The quantitative estimate of drug-likeness (QED) is 0.321. The summed E-state index contributed by atoms with van der Waals surface area (Å²) >= 11 is 6.07. The topological polar surface area (TPSA) is 70.1 Å². The number of halogens is 1. The van der Waals surface area contributed by atoms with Gasteiger partial charge in [0.1, 0.15) is 11.5 Å². The molecule has 7 heteroatoms. The lowest BCUT2D eigenvalue weighted by molar-refractivity contribution is -0.140. The van der Waals surface area contributed by atoms with Crippen LogP contribution in [0.25, 0.3) is 5.76 Å². The molecule has 1 aliphatic rings. The van der Waals surface area contributed by atoms with Crippen LogP contribution in [0.1, 0.15) is 44.9 Å². The van der Waals surface area contributed by atoms with Crippen molar-refractivity contribution in [2.45, 2.75) is 39.8 Å². The van der Waals surface area contributed by atoms with E-state index in [0.29, 0.717) is 29.4 Å². The van der Waals surface area contributed by atoms with Crippen LogP contribution >= 0.6 is 11.6 Å². The van der Waals surface area contributed by atoms with Crippen molar-refractivity contribution in [1.29, 1.82) is 0 Å². The first-order chi connectivity index (χ1) is 15.8. The average molecular weight is 471 g/mol. The number of benzene rings is 2. The Bertz CT molecular complexity index is 1010. The van der Waals surface area contributed by atoms with Crippen molar-refractivity contribution in [2.75, 3.05) is 26.2 Å². The van der Waals surface area contributed by atoms with Crippen LogP contribution in [-0.4, -0.2) is 58.9 Å². The van der Waals surface area contributed by atoms with Gasteiger partial charge in [0.15, 0.2) is 0 Å². The minimum Gasteiger partial charge on any atom is -0.507 e. The number of ether oxygens (including phenoxy) is 1. The predicted octanol–water partition coefficient (Wildman–Crippen LogP) is 4.89. The highest BCUT2D eigenvalue weighted by Gasteiger charge is 2.45. The van der Waals surface area contributed by atoms with Gasteiger partial charge in [0.2, 0.25) is 0 Å². The highest BCUT2D eigenvalue weighted by atomic mass is 35.5. The molecule has 1 atom stereocenters. The van der Waals surface area contributed by atoms with Gasteiger partial charge in [-0.15, -0.1) is 0 Å². The summed E-state index contributed by atoms with van der Waals surface area (Å²) in [5.74, 6) is -0.830. The molecule has 2 aromatic carbocycles. The van der Waals surface area contributed by atoms with Gasteiger partial charge in [0, 0.05) is 23.7 Å². The first kappa shape index (κ1) is 24.8. The summed E-state index contributed by atoms with van der Waals surface area (Å²) in [5, 5.41) is 11.7. The molecule has 1 saturated heterocycles. The average Bonchev–Trinajstić information content (AvgIpc) is 3.05. The molecule has 1 amide bonds. The summed E-state index contributed by atoms with van der Waals surface area (Å²) in [6, 6.07) is 13.2. The standard InChI is InChI=1S/C26H31ClN2O4/c1-5-28(6-2)15-16-29-23(18-7-11-20(27)12-8-18)22(25(31)26(29)32)24(30)19-9-13-21(14-10-19)33-17(3)4/h7-14,17,23,30H,5-6,15-16H2,1-4H3/t23-/m1/s1. The number of hydrogen-bond acceptors (Lipinski definition) is 5. The number of likely N-dealkylation sites (tertiary alicyclic amines) is 1. The van der Waals surface area contributed by atoms with Gasteiger partial charge in [-0.3, -0.25) is 9.59 Å². The fraction of sp³-hybridized carbons (Fsp3) is 0.385. The molecule has 1 heterocycles. The first-order valence-electron chi connectivity index (χ1n) is 11.3. The van der Waals surface area contributed by atoms with E-state index in [-0.39, 0.29) is 17.4 Å². The lowest BCUT2D eigenvalue weighted by Gasteiger charge is -2.28. The number of hydrogen-bond donors (Lipinski definition) is 1. The van der Waals surface area contributed by atoms with Crippen molar-refractivity contribution in [3.8, 4) is 5.75 Å². The van der Waals surface area contributed by atoms with Gasteiger partial charge < -0.3 is 19.6 Å². The Labute approximate surface area is 200 Å². The van der Waals surface area contributed by atoms with Crippen molar-refractivity contribution in [2.24, 2.45) is 0 Å². The van der Waals surface area contributed by atoms with Gasteiger partial charge in [-0.1, -0.05) is 37.6 Å². The molecule has 0 bridgehead atoms. The minimum atomic E-state index is -0.690. The van der Waals surface area contributed by atoms with Crippen LogP contribution in [0.4, 0.5) is 0 Å². The van der Waals surface area contributed by atoms with Crippen LogP contribution in [-0.2, 0) is 9.59 Å². The number of amides is 1. The Morgan fingerprint density at radius 1 is 1.06 bits per heavy atom. The summed E-state index contributed by atoms with van der Waals surface area (Å²) in [6.07, 6.45) is 0.0190. The molecule has 0 unspecified atom stereocenters. The third kappa shape index (κ3) is 5.57. The number of aliphatic hydroxyl groups excluding tert-OH is 1. The van der Waals surface area contributed by atoms with Crippen LogP contribution in [0.3, 0.4) is 0 Å². The molecule has 1 N–H and O–H groups in total. The second-order valence-electron chi connectivity index (χ2n) is 8.26. The number of carbonyl (C=O) groups excluding carboxylic acids is 2. The van der Waals surface area contributed by atoms with Gasteiger partial charge >= 0.3 is 0 Å². The summed E-state index contributed by atoms with van der Waals surface area (Å²) in [6.45, 7) is 10.7. The van der Waals surface area contributed by atoms with E-state index in [4.69, 9.17) is 16.3 Å². The minimum absolute atomic E-state index is 0.0190. The monoisotopic (exact) mass is 470 g/mol. The van der Waals surface area contributed by atoms with E-state index in [1.54, 1.807) is 53.4 Å². The summed E-state index contributed by atoms with van der Waals surface area (Å²) in [4.78, 5) is 29.9. The molecule has 0 aliphatic carbocycles. The van der Waals surface area contributed by atoms with E-state index < -0.39 is 17.7 Å². The Kier molecular flexibility index (Phi) is 8.16. The third-order valence-electron chi connectivity index (χ3n) is 5.78. The maximum atomic E-state index is 13.1. The number of nitrogens with zero attached hydrogens (tertiary/aromatic N) is 2. The Morgan fingerprint density at radius 3 is 2.21 bits per heavy atom. The van der Waals surface area contributed by atoms with Crippen molar-refractivity contribution in [3.05, 3.63) is 70.3 Å². The summed E-state index contributed by atoms with van der Waals surface area (Å²) in [5.41, 5.74) is 1.26. The summed E-state index contributed by atoms with van der Waals surface area (Å²) < 4.78 is 5.66. The number of ketones is 1. The van der Waals surface area contributed by atoms with E-state index >= 15 is 0 Å². The molecular weight excluding hydrogens is 440 g/mol.